The maximum atomic E-state index is 13.8. The van der Waals surface area contributed by atoms with Crippen molar-refractivity contribution in [2.45, 2.75) is 96.3 Å². The Bertz CT molecular complexity index is 1670. The lowest BCUT2D eigenvalue weighted by molar-refractivity contribution is -0.140. The Labute approximate surface area is 330 Å². The van der Waals surface area contributed by atoms with E-state index in [1.807, 2.05) is 0 Å². The number of benzene rings is 1. The molecule has 1 aromatic carbocycles. The fourth-order valence-corrected chi connectivity index (χ4v) is 5.84. The number of nitrogens with two attached hydrogens (primary N) is 1. The summed E-state index contributed by atoms with van der Waals surface area (Å²) in [5.41, 5.74) is 5.52. The average Bonchev–Trinajstić information content (AvgIpc) is 3.64. The highest BCUT2D eigenvalue weighted by atomic mass is 31.2. The number of phosphoric acid groups is 1. The lowest BCUT2D eigenvalue weighted by Crippen LogP contribution is -2.60. The summed E-state index contributed by atoms with van der Waals surface area (Å²) in [5.74, 6) is -5.43. The molecule has 0 spiro atoms. The van der Waals surface area contributed by atoms with Crippen molar-refractivity contribution in [3.8, 4) is 0 Å². The van der Waals surface area contributed by atoms with Crippen LogP contribution in [-0.2, 0) is 55.6 Å². The molecule has 0 unspecified atom stereocenters. The first kappa shape index (κ1) is 48.4. The summed E-state index contributed by atoms with van der Waals surface area (Å²) >= 11 is 0. The van der Waals surface area contributed by atoms with Gasteiger partial charge in [-0.2, -0.15) is 0 Å². The highest BCUT2D eigenvalue weighted by Gasteiger charge is 2.35. The van der Waals surface area contributed by atoms with E-state index in [0.29, 0.717) is 5.69 Å². The van der Waals surface area contributed by atoms with Crippen LogP contribution >= 0.6 is 7.82 Å². The van der Waals surface area contributed by atoms with E-state index in [1.54, 1.807) is 58.0 Å². The third-order valence-electron chi connectivity index (χ3n) is 8.26. The Hall–Kier alpha value is -4.76. The summed E-state index contributed by atoms with van der Waals surface area (Å²) in [6.07, 6.45) is 0.891. The second kappa shape index (κ2) is 22.8. The predicted molar refractivity (Wildman–Crippen MR) is 202 cm³/mol. The van der Waals surface area contributed by atoms with Gasteiger partial charge in [0.15, 0.2) is 0 Å². The zero-order chi connectivity index (χ0) is 42.9. The molecule has 57 heavy (non-hydrogen) atoms. The number of carbonyl (C=O) groups excluding carboxylic acids is 6. The van der Waals surface area contributed by atoms with E-state index in [9.17, 15) is 43.5 Å². The third kappa shape index (κ3) is 17.9. The molecule has 2 rings (SSSR count). The van der Waals surface area contributed by atoms with Gasteiger partial charge in [-0.1, -0.05) is 44.2 Å². The van der Waals surface area contributed by atoms with Crippen molar-refractivity contribution in [2.75, 3.05) is 26.4 Å². The molecule has 11 N–H and O–H groups in total. The number of nitrogens with zero attached hydrogens (tertiary/aromatic N) is 2. The number of phosphoric ester groups is 1. The van der Waals surface area contributed by atoms with Gasteiger partial charge in [-0.15, -0.1) is 0 Å². The Morgan fingerprint density at radius 3 is 2.09 bits per heavy atom. The average molecular weight is 827 g/mol. The number of rotatable bonds is 25. The number of carbonyl (C=O) groups is 6. The summed E-state index contributed by atoms with van der Waals surface area (Å²) in [4.78, 5) is 106. The summed E-state index contributed by atoms with van der Waals surface area (Å²) in [6, 6.07) is 2.75. The molecule has 0 bridgehead atoms. The molecule has 22 heteroatoms. The minimum Gasteiger partial charge on any atom is -0.394 e. The standard InChI is InChI=1S/C35H55N8O13P/c1-21(2)13-25(39-28(46)17-43(16-23-9-7-6-8-10-23)29(47)11-12-55-35(4,5)19-45)32(49)40-26(14-24-15-37-20-38-24)33(50)41-27(18-44)34(51)42-30(31(36)48)22(3)56-57(52,53)54/h6-10,15,20-22,25-27,30,44-45H,11-14,16-19H2,1-5H3,(H2,36,48)(H,37,38)(H,39,46)(H,40,49)(H,41,50)(H,42,51)(H2,52,53,54)/t22-,25+,26+,27+,30+/m1/s1. The van der Waals surface area contributed by atoms with Crippen LogP contribution in [0, 0.1) is 5.92 Å². The number of ether oxygens (including phenoxy) is 1. The Morgan fingerprint density at radius 1 is 0.930 bits per heavy atom. The van der Waals surface area contributed by atoms with Crippen molar-refractivity contribution in [1.82, 2.24) is 36.1 Å². The number of H-pyrrole nitrogens is 1. The number of primary amides is 1. The number of imidazole rings is 1. The van der Waals surface area contributed by atoms with Gasteiger partial charge in [0.05, 0.1) is 50.8 Å². The lowest BCUT2D eigenvalue weighted by atomic mass is 10.0. The number of hydrogen-bond acceptors (Lipinski definition) is 12. The van der Waals surface area contributed by atoms with Crippen molar-refractivity contribution in [2.24, 2.45) is 11.7 Å². The Balaban J connectivity index is 2.27. The van der Waals surface area contributed by atoms with Gasteiger partial charge in [0, 0.05) is 24.9 Å². The van der Waals surface area contributed by atoms with Crippen molar-refractivity contribution in [3.63, 3.8) is 0 Å². The first-order valence-electron chi connectivity index (χ1n) is 18.0. The number of hydrogen-bond donors (Lipinski definition) is 10. The second-order valence-electron chi connectivity index (χ2n) is 14.3. The normalized spacial score (nSPS) is 14.4. The van der Waals surface area contributed by atoms with Crippen molar-refractivity contribution < 1.29 is 62.6 Å². The number of aliphatic hydroxyl groups excluding tert-OH is 2. The first-order valence-corrected chi connectivity index (χ1v) is 19.6. The Kier molecular flexibility index (Phi) is 19.4. The van der Waals surface area contributed by atoms with E-state index in [2.05, 4.69) is 35.8 Å². The van der Waals surface area contributed by atoms with E-state index in [1.165, 1.54) is 17.4 Å². The fourth-order valence-electron chi connectivity index (χ4n) is 5.29. The zero-order valence-electron chi connectivity index (χ0n) is 32.5. The molecule has 5 atom stereocenters. The monoisotopic (exact) mass is 826 g/mol. The molecule has 0 aliphatic rings. The van der Waals surface area contributed by atoms with Crippen LogP contribution < -0.4 is 27.0 Å². The summed E-state index contributed by atoms with van der Waals surface area (Å²) < 4.78 is 21.3. The molecule has 0 aliphatic heterocycles. The fraction of sp³-hybridized carbons (Fsp3) is 0.571. The molecule has 0 saturated carbocycles. The number of nitrogens with one attached hydrogen (secondary N) is 5. The number of aromatic nitrogens is 2. The largest absolute Gasteiger partial charge is 0.469 e. The molecule has 0 saturated heterocycles. The van der Waals surface area contributed by atoms with E-state index < -0.39 is 92.3 Å². The number of aliphatic hydroxyl groups is 2. The van der Waals surface area contributed by atoms with Crippen molar-refractivity contribution >= 4 is 43.3 Å². The molecule has 0 aliphatic carbocycles. The molecule has 1 aromatic heterocycles. The van der Waals surface area contributed by atoms with Crippen LogP contribution in [0.4, 0.5) is 0 Å². The Morgan fingerprint density at radius 2 is 1.54 bits per heavy atom. The summed E-state index contributed by atoms with van der Waals surface area (Å²) in [5, 5.41) is 29.1. The molecule has 6 amide bonds. The number of aromatic amines is 1. The minimum atomic E-state index is -5.11. The van der Waals surface area contributed by atoms with Gasteiger partial charge in [-0.25, -0.2) is 9.55 Å². The molecule has 1 heterocycles. The topological polar surface area (TPSA) is 325 Å². The molecular weight excluding hydrogens is 771 g/mol. The predicted octanol–water partition coefficient (Wildman–Crippen LogP) is -1.88. The van der Waals surface area contributed by atoms with Crippen LogP contribution in [0.1, 0.15) is 58.7 Å². The molecule has 21 nitrogen and oxygen atoms in total. The van der Waals surface area contributed by atoms with Gasteiger partial charge < -0.3 is 61.6 Å². The first-order chi connectivity index (χ1) is 26.6. The van der Waals surface area contributed by atoms with E-state index in [0.717, 1.165) is 12.5 Å². The maximum Gasteiger partial charge on any atom is 0.469 e. The lowest BCUT2D eigenvalue weighted by Gasteiger charge is -2.28. The van der Waals surface area contributed by atoms with Gasteiger partial charge >= 0.3 is 7.82 Å². The van der Waals surface area contributed by atoms with Gasteiger partial charge in [0.1, 0.15) is 24.2 Å². The smallest absolute Gasteiger partial charge is 0.394 e. The number of amides is 6. The summed E-state index contributed by atoms with van der Waals surface area (Å²) in [7, 11) is -5.11. The molecule has 0 radical (unpaired) electrons. The molecule has 0 fully saturated rings. The molecular formula is C35H55N8O13P. The zero-order valence-corrected chi connectivity index (χ0v) is 33.4. The van der Waals surface area contributed by atoms with Gasteiger partial charge in [0.2, 0.25) is 35.4 Å². The molecule has 318 valence electrons. The van der Waals surface area contributed by atoms with E-state index >= 15 is 0 Å². The van der Waals surface area contributed by atoms with Gasteiger partial charge in [-0.3, -0.25) is 33.3 Å². The maximum absolute atomic E-state index is 13.8. The summed E-state index contributed by atoms with van der Waals surface area (Å²) in [6.45, 7) is 6.31. The van der Waals surface area contributed by atoms with Crippen LogP contribution in [0.5, 0.6) is 0 Å². The highest BCUT2D eigenvalue weighted by Crippen LogP contribution is 2.38. The van der Waals surface area contributed by atoms with Gasteiger partial charge in [0.25, 0.3) is 0 Å². The minimum absolute atomic E-state index is 0.0217. The second-order valence-corrected chi connectivity index (χ2v) is 15.5. The van der Waals surface area contributed by atoms with Gasteiger partial charge in [-0.05, 0) is 38.7 Å². The van der Waals surface area contributed by atoms with Crippen LogP contribution in [0.2, 0.25) is 0 Å². The third-order valence-corrected chi connectivity index (χ3v) is 8.86. The van der Waals surface area contributed by atoms with Crippen LogP contribution in [0.3, 0.4) is 0 Å². The van der Waals surface area contributed by atoms with E-state index in [4.69, 9.17) is 20.3 Å². The van der Waals surface area contributed by atoms with Crippen LogP contribution in [0.15, 0.2) is 42.9 Å². The van der Waals surface area contributed by atoms with Crippen LogP contribution in [0.25, 0.3) is 0 Å². The SMILES string of the molecule is CC(C)C[C@H](NC(=O)CN(Cc1ccccc1)C(=O)CCOC(C)(C)CO)C(=O)N[C@@H](Cc1cnc[nH]1)C(=O)N[C@@H](CO)C(=O)N[C@H](C(N)=O)[C@@H](C)OP(=O)(O)O. The van der Waals surface area contributed by atoms with Crippen LogP contribution in [-0.4, -0.2) is 133 Å². The quantitative estimate of drug-likeness (QED) is 0.0490. The van der Waals surface area contributed by atoms with Crippen molar-refractivity contribution in [1.29, 1.82) is 0 Å². The molecule has 2 aromatic rings. The highest BCUT2D eigenvalue weighted by molar-refractivity contribution is 7.46. The van der Waals surface area contributed by atoms with Crippen molar-refractivity contribution in [3.05, 3.63) is 54.1 Å². The van der Waals surface area contributed by atoms with E-state index in [-0.39, 0.29) is 44.9 Å².